The maximum atomic E-state index is 12.3. The second kappa shape index (κ2) is 5.70. The average Bonchev–Trinajstić information content (AvgIpc) is 2.67. The van der Waals surface area contributed by atoms with E-state index in [1.165, 1.54) is 16.7 Å². The first kappa shape index (κ1) is 18.7. The van der Waals surface area contributed by atoms with Gasteiger partial charge in [-0.2, -0.15) is 0 Å². The van der Waals surface area contributed by atoms with E-state index in [-0.39, 0.29) is 0 Å². The Hall–Kier alpha value is -0.660. The summed E-state index contributed by atoms with van der Waals surface area (Å²) >= 11 is 13.3. The molecule has 0 aromatic carbocycles. The van der Waals surface area contributed by atoms with Gasteiger partial charge in [-0.15, -0.1) is 11.8 Å². The maximum absolute atomic E-state index is 12.3. The van der Waals surface area contributed by atoms with Crippen molar-refractivity contribution in [3.05, 3.63) is 0 Å². The maximum Gasteiger partial charge on any atom is 0.333 e. The minimum atomic E-state index is -1.52. The van der Waals surface area contributed by atoms with Crippen LogP contribution < -0.4 is 0 Å². The van der Waals surface area contributed by atoms with Gasteiger partial charge in [0.1, 0.15) is 11.4 Å². The van der Waals surface area contributed by atoms with Gasteiger partial charge in [0.25, 0.3) is 5.91 Å². The predicted octanol–water partition coefficient (Wildman–Crippen LogP) is 2.31. The molecule has 2 aliphatic rings. The largest absolute Gasteiger partial charge is 0.427 e. The van der Waals surface area contributed by atoms with E-state index in [1.54, 1.807) is 34.6 Å². The molecule has 130 valence electrons. The van der Waals surface area contributed by atoms with Crippen molar-refractivity contribution in [2.24, 2.45) is 5.41 Å². The Labute approximate surface area is 149 Å². The zero-order valence-electron chi connectivity index (χ0n) is 13.5. The summed E-state index contributed by atoms with van der Waals surface area (Å²) in [7, 11) is 0. The number of β-lactam (4-membered cyclic amide) rings is 1. The molecular weight excluding hydrogens is 365 g/mol. The molecule has 6 nitrogen and oxygen atoms in total. The fraction of sp³-hybridized carbons (Fsp3) is 0.786. The summed E-state index contributed by atoms with van der Waals surface area (Å²) in [5.41, 5.74) is -0.690. The minimum Gasteiger partial charge on any atom is -0.427 e. The van der Waals surface area contributed by atoms with Crippen molar-refractivity contribution in [3.8, 4) is 0 Å². The molecule has 2 saturated heterocycles. The molecule has 0 N–H and O–H groups in total. The van der Waals surface area contributed by atoms with Crippen LogP contribution in [0.4, 0.5) is 0 Å². The molecule has 2 atom stereocenters. The Bertz CT molecular complexity index is 558. The number of nitrogens with zero attached hydrogens (tertiary/aromatic N) is 1. The number of carbonyl (C=O) groups excluding carboxylic acids is 3. The summed E-state index contributed by atoms with van der Waals surface area (Å²) < 4.78 is 7.80. The van der Waals surface area contributed by atoms with E-state index in [9.17, 15) is 14.4 Å². The van der Waals surface area contributed by atoms with Crippen LogP contribution in [0.3, 0.4) is 0 Å². The number of thioether (sulfide) groups is 1. The number of rotatable bonds is 3. The SMILES string of the molecule is CC(C)(C)C(=O)OCOC(=O)[C@@H]1N2C(=O)C(Cl)(Cl)[C@H]2SC1(C)C. The van der Waals surface area contributed by atoms with Gasteiger partial charge in [0, 0.05) is 4.75 Å². The van der Waals surface area contributed by atoms with E-state index in [1.807, 2.05) is 0 Å². The highest BCUT2D eigenvalue weighted by Gasteiger charge is 2.71. The number of hydrogen-bond donors (Lipinski definition) is 0. The highest BCUT2D eigenvalue weighted by molar-refractivity contribution is 8.02. The van der Waals surface area contributed by atoms with Crippen molar-refractivity contribution in [1.82, 2.24) is 4.90 Å². The lowest BCUT2D eigenvalue weighted by Gasteiger charge is -2.45. The normalized spacial score (nSPS) is 28.0. The van der Waals surface area contributed by atoms with Crippen LogP contribution in [0.25, 0.3) is 0 Å². The molecular formula is C14H19Cl2NO5S. The topological polar surface area (TPSA) is 72.9 Å². The smallest absolute Gasteiger partial charge is 0.333 e. The van der Waals surface area contributed by atoms with Crippen LogP contribution in [0.1, 0.15) is 34.6 Å². The summed E-state index contributed by atoms with van der Waals surface area (Å²) in [6.07, 6.45) is 0. The summed E-state index contributed by atoms with van der Waals surface area (Å²) in [6.45, 7) is 8.19. The number of fused-ring (bicyclic) bond motifs is 1. The first-order valence-electron chi connectivity index (χ1n) is 7.02. The van der Waals surface area contributed by atoms with Crippen molar-refractivity contribution >= 4 is 52.8 Å². The monoisotopic (exact) mass is 383 g/mol. The number of halogens is 2. The molecule has 2 heterocycles. The molecule has 9 heteroatoms. The zero-order chi connectivity index (χ0) is 17.8. The van der Waals surface area contributed by atoms with Crippen LogP contribution in [0, 0.1) is 5.41 Å². The van der Waals surface area contributed by atoms with Gasteiger partial charge < -0.3 is 14.4 Å². The number of amides is 1. The number of hydrogen-bond acceptors (Lipinski definition) is 6. The Morgan fingerprint density at radius 3 is 2.35 bits per heavy atom. The van der Waals surface area contributed by atoms with Gasteiger partial charge in [-0.1, -0.05) is 23.2 Å². The third kappa shape index (κ3) is 3.15. The zero-order valence-corrected chi connectivity index (χ0v) is 15.8. The first-order chi connectivity index (χ1) is 10.3. The van der Waals surface area contributed by atoms with Gasteiger partial charge in [0.05, 0.1) is 5.41 Å². The van der Waals surface area contributed by atoms with E-state index in [0.29, 0.717) is 0 Å². The lowest BCUT2D eigenvalue weighted by molar-refractivity contribution is -0.179. The second-order valence-electron chi connectivity index (χ2n) is 7.07. The highest BCUT2D eigenvalue weighted by atomic mass is 35.5. The Morgan fingerprint density at radius 1 is 1.26 bits per heavy atom. The molecule has 0 bridgehead atoms. The standard InChI is InChI=1S/C14H19Cl2NO5S/c1-12(2,3)11(20)22-6-21-8(18)7-13(4,5)23-10-14(15,16)9(19)17(7)10/h7,10H,6H2,1-5H3/t7-,10+/m0/s1. The van der Waals surface area contributed by atoms with Crippen molar-refractivity contribution in [2.45, 2.75) is 55.1 Å². The Kier molecular flexibility index (Phi) is 4.63. The number of ether oxygens (including phenoxy) is 2. The molecule has 2 aliphatic heterocycles. The summed E-state index contributed by atoms with van der Waals surface area (Å²) in [6, 6.07) is -0.830. The van der Waals surface area contributed by atoms with Gasteiger partial charge in [-0.3, -0.25) is 9.59 Å². The Morgan fingerprint density at radius 2 is 1.83 bits per heavy atom. The summed E-state index contributed by atoms with van der Waals surface area (Å²) in [5, 5.41) is -0.497. The quantitative estimate of drug-likeness (QED) is 0.322. The lowest BCUT2D eigenvalue weighted by atomic mass is 9.97. The van der Waals surface area contributed by atoms with Crippen LogP contribution in [0.15, 0.2) is 0 Å². The van der Waals surface area contributed by atoms with E-state index >= 15 is 0 Å². The van der Waals surface area contributed by atoms with Gasteiger partial charge in [-0.25, -0.2) is 4.79 Å². The van der Waals surface area contributed by atoms with Crippen LogP contribution in [-0.4, -0.2) is 50.0 Å². The molecule has 0 saturated carbocycles. The molecule has 0 aromatic rings. The van der Waals surface area contributed by atoms with E-state index in [0.717, 1.165) is 0 Å². The summed E-state index contributed by atoms with van der Waals surface area (Å²) in [4.78, 5) is 37.3. The third-order valence-corrected chi connectivity index (χ3v) is 6.29. The second-order valence-corrected chi connectivity index (χ2v) is 10.2. The number of alkyl halides is 2. The molecule has 2 fully saturated rings. The fourth-order valence-electron chi connectivity index (χ4n) is 2.40. The number of esters is 2. The summed E-state index contributed by atoms with van der Waals surface area (Å²) in [5.74, 6) is -1.65. The molecule has 0 spiro atoms. The van der Waals surface area contributed by atoms with Crippen molar-refractivity contribution in [1.29, 1.82) is 0 Å². The van der Waals surface area contributed by atoms with Crippen LogP contribution >= 0.6 is 35.0 Å². The molecule has 23 heavy (non-hydrogen) atoms. The van der Waals surface area contributed by atoms with Crippen molar-refractivity contribution in [2.75, 3.05) is 6.79 Å². The average molecular weight is 384 g/mol. The van der Waals surface area contributed by atoms with E-state index < -0.39 is 50.5 Å². The molecule has 2 rings (SSSR count). The molecule has 1 amide bonds. The highest BCUT2D eigenvalue weighted by Crippen LogP contribution is 2.58. The van der Waals surface area contributed by atoms with Gasteiger partial charge in [0.15, 0.2) is 0 Å². The lowest BCUT2D eigenvalue weighted by Crippen LogP contribution is -2.68. The molecule has 0 aromatic heterocycles. The molecule has 0 aliphatic carbocycles. The van der Waals surface area contributed by atoms with Gasteiger partial charge in [-0.05, 0) is 34.6 Å². The molecule has 0 radical (unpaired) electrons. The minimum absolute atomic E-state index is 0.483. The third-order valence-electron chi connectivity index (χ3n) is 3.66. The van der Waals surface area contributed by atoms with Crippen LogP contribution in [-0.2, 0) is 23.9 Å². The molecule has 0 unspecified atom stereocenters. The van der Waals surface area contributed by atoms with Gasteiger partial charge >= 0.3 is 11.9 Å². The van der Waals surface area contributed by atoms with Crippen molar-refractivity contribution < 1.29 is 23.9 Å². The van der Waals surface area contributed by atoms with E-state index in [2.05, 4.69) is 0 Å². The predicted molar refractivity (Wildman–Crippen MR) is 87.0 cm³/mol. The van der Waals surface area contributed by atoms with E-state index in [4.69, 9.17) is 32.7 Å². The first-order valence-corrected chi connectivity index (χ1v) is 8.66. The number of carbonyl (C=O) groups is 3. The van der Waals surface area contributed by atoms with Gasteiger partial charge in [0.2, 0.25) is 11.1 Å². The van der Waals surface area contributed by atoms with Crippen LogP contribution in [0.5, 0.6) is 0 Å². The fourth-order valence-corrected chi connectivity index (χ4v) is 4.56. The van der Waals surface area contributed by atoms with Crippen LogP contribution in [0.2, 0.25) is 0 Å². The Balaban J connectivity index is 2.00. The van der Waals surface area contributed by atoms with Crippen molar-refractivity contribution in [3.63, 3.8) is 0 Å².